The van der Waals surface area contributed by atoms with E-state index in [-0.39, 0.29) is 25.2 Å². The number of hydrogen-bond acceptors (Lipinski definition) is 8. The maximum Gasteiger partial charge on any atom is 0.243 e. The van der Waals surface area contributed by atoms with Gasteiger partial charge in [0.25, 0.3) is 0 Å². The molecule has 1 unspecified atom stereocenters. The molecule has 12 heteroatoms. The molecular weight excluding hydrogens is 606 g/mol. The van der Waals surface area contributed by atoms with Gasteiger partial charge in [-0.05, 0) is 70.1 Å². The Morgan fingerprint density at radius 3 is 2.20 bits per heavy atom. The molecule has 0 saturated heterocycles. The van der Waals surface area contributed by atoms with E-state index in [0.717, 1.165) is 11.3 Å². The topological polar surface area (TPSA) is 174 Å². The highest BCUT2D eigenvalue weighted by Crippen LogP contribution is 2.22. The van der Waals surface area contributed by atoms with E-state index in [2.05, 4.69) is 25.6 Å². The average Bonchev–Trinajstić information content (AvgIpc) is 3.52. The molecule has 0 aliphatic carbocycles. The number of aliphatic hydroxyl groups excluding tert-OH is 2. The summed E-state index contributed by atoms with van der Waals surface area (Å²) in [6.45, 7) is 8.67. The van der Waals surface area contributed by atoms with Crippen LogP contribution >= 0.6 is 0 Å². The third-order valence-electron chi connectivity index (χ3n) is 7.93. The summed E-state index contributed by atoms with van der Waals surface area (Å²) in [6.07, 6.45) is 3.56. The van der Waals surface area contributed by atoms with E-state index in [1.807, 2.05) is 56.3 Å². The first-order valence-electron chi connectivity index (χ1n) is 15.8. The van der Waals surface area contributed by atoms with Gasteiger partial charge in [-0.2, -0.15) is 0 Å². The van der Waals surface area contributed by atoms with Crippen LogP contribution in [-0.2, 0) is 38.7 Å². The molecule has 252 valence electrons. The highest BCUT2D eigenvalue weighted by atomic mass is 32.2. The van der Waals surface area contributed by atoms with Crippen LogP contribution in [0.4, 0.5) is 0 Å². The smallest absolute Gasteiger partial charge is 0.243 e. The van der Waals surface area contributed by atoms with Crippen LogP contribution in [0.3, 0.4) is 0 Å². The Hall–Kier alpha value is -3.61. The quantitative estimate of drug-likeness (QED) is 0.148. The fourth-order valence-corrected chi connectivity index (χ4v) is 6.41. The number of aromatic nitrogens is 3. The van der Waals surface area contributed by atoms with Gasteiger partial charge in [-0.15, -0.1) is 0 Å². The van der Waals surface area contributed by atoms with Crippen LogP contribution in [0.15, 0.2) is 67.3 Å². The van der Waals surface area contributed by atoms with Crippen LogP contribution in [-0.4, -0.2) is 80.2 Å². The third-order valence-corrected chi connectivity index (χ3v) is 10.6. The molecule has 0 aliphatic rings. The van der Waals surface area contributed by atoms with E-state index in [0.29, 0.717) is 18.5 Å². The van der Waals surface area contributed by atoms with E-state index >= 15 is 0 Å². The third kappa shape index (κ3) is 11.3. The molecule has 11 nitrogen and oxygen atoms in total. The number of carbonyl (C=O) groups excluding carboxylic acids is 2. The van der Waals surface area contributed by atoms with E-state index in [1.54, 1.807) is 39.2 Å². The van der Waals surface area contributed by atoms with E-state index in [9.17, 15) is 28.2 Å². The van der Waals surface area contributed by atoms with Crippen molar-refractivity contribution >= 4 is 21.7 Å². The van der Waals surface area contributed by atoms with Gasteiger partial charge in [-0.3, -0.25) is 14.6 Å². The predicted octanol–water partition coefficient (Wildman–Crippen LogP) is 2.79. The van der Waals surface area contributed by atoms with Gasteiger partial charge < -0.3 is 25.8 Å². The first-order valence-corrected chi connectivity index (χ1v) is 17.4. The second kappa shape index (κ2) is 16.8. The zero-order valence-corrected chi connectivity index (χ0v) is 28.2. The number of aryl methyl sites for hydroxylation is 1. The molecule has 0 radical (unpaired) electrons. The number of imidazole rings is 1. The molecule has 0 saturated carbocycles. The monoisotopic (exact) mass is 655 g/mol. The van der Waals surface area contributed by atoms with Gasteiger partial charge in [0.15, 0.2) is 9.84 Å². The van der Waals surface area contributed by atoms with E-state index in [1.165, 1.54) is 6.33 Å². The minimum absolute atomic E-state index is 0.0257. The Labute approximate surface area is 272 Å². The number of rotatable bonds is 17. The predicted molar refractivity (Wildman–Crippen MR) is 177 cm³/mol. The largest absolute Gasteiger partial charge is 0.390 e. The van der Waals surface area contributed by atoms with Crippen LogP contribution in [0.25, 0.3) is 0 Å². The highest BCUT2D eigenvalue weighted by Gasteiger charge is 2.37. The van der Waals surface area contributed by atoms with Crippen molar-refractivity contribution in [3.8, 4) is 0 Å². The summed E-state index contributed by atoms with van der Waals surface area (Å²) in [5, 5.41) is 27.7. The maximum atomic E-state index is 13.8. The summed E-state index contributed by atoms with van der Waals surface area (Å²) in [5.41, 5.74) is 2.08. The van der Waals surface area contributed by atoms with Crippen LogP contribution < -0.4 is 10.6 Å². The second-order valence-electron chi connectivity index (χ2n) is 13.3. The van der Waals surface area contributed by atoms with Crippen molar-refractivity contribution in [1.29, 1.82) is 0 Å². The van der Waals surface area contributed by atoms with Crippen molar-refractivity contribution in [3.63, 3.8) is 0 Å². The molecule has 2 amide bonds. The number of carbonyl (C=O) groups is 2. The lowest BCUT2D eigenvalue weighted by Crippen LogP contribution is -2.56. The van der Waals surface area contributed by atoms with Crippen molar-refractivity contribution in [2.45, 2.75) is 95.8 Å². The van der Waals surface area contributed by atoms with Crippen LogP contribution in [0, 0.1) is 11.8 Å². The number of amides is 2. The fraction of sp³-hybridized carbons (Fsp3) is 0.529. The average molecular weight is 656 g/mol. The minimum atomic E-state index is -3.69. The zero-order valence-electron chi connectivity index (χ0n) is 27.4. The summed E-state index contributed by atoms with van der Waals surface area (Å²) >= 11 is 0. The van der Waals surface area contributed by atoms with Gasteiger partial charge in [-0.25, -0.2) is 13.4 Å². The first-order chi connectivity index (χ1) is 21.7. The Morgan fingerprint density at radius 1 is 0.913 bits per heavy atom. The Kier molecular flexibility index (Phi) is 13.5. The second-order valence-corrected chi connectivity index (χ2v) is 16.1. The zero-order chi connectivity index (χ0) is 33.9. The molecule has 2 aromatic heterocycles. The number of H-pyrrole nitrogens is 1. The number of aliphatic hydroxyl groups is 2. The Bertz CT molecular complexity index is 1460. The summed E-state index contributed by atoms with van der Waals surface area (Å²) in [7, 11) is -3.69. The van der Waals surface area contributed by atoms with E-state index < -0.39 is 62.4 Å². The van der Waals surface area contributed by atoms with Crippen LogP contribution in [0.5, 0.6) is 0 Å². The van der Waals surface area contributed by atoms with Crippen molar-refractivity contribution < 1.29 is 28.2 Å². The van der Waals surface area contributed by atoms with E-state index in [4.69, 9.17) is 0 Å². The van der Waals surface area contributed by atoms with Gasteiger partial charge in [0.1, 0.15) is 12.1 Å². The summed E-state index contributed by atoms with van der Waals surface area (Å²) in [5.74, 6) is -2.45. The van der Waals surface area contributed by atoms with Crippen molar-refractivity contribution in [3.05, 3.63) is 84.2 Å². The van der Waals surface area contributed by atoms with Gasteiger partial charge in [-0.1, -0.05) is 50.2 Å². The Balaban J connectivity index is 1.83. The van der Waals surface area contributed by atoms with Gasteiger partial charge in [0, 0.05) is 24.5 Å². The molecule has 0 bridgehead atoms. The van der Waals surface area contributed by atoms with Crippen molar-refractivity contribution in [1.82, 2.24) is 25.6 Å². The number of hydrogen-bond donors (Lipinski definition) is 5. The van der Waals surface area contributed by atoms with Crippen molar-refractivity contribution in [2.24, 2.45) is 11.8 Å². The molecule has 1 aromatic carbocycles. The molecule has 5 atom stereocenters. The van der Waals surface area contributed by atoms with Crippen molar-refractivity contribution in [2.75, 3.05) is 5.75 Å². The number of pyridine rings is 1. The molecule has 5 N–H and O–H groups in total. The van der Waals surface area contributed by atoms with Crippen LogP contribution in [0.1, 0.15) is 64.4 Å². The molecule has 0 spiro atoms. The number of nitrogens with one attached hydrogen (secondary N) is 3. The van der Waals surface area contributed by atoms with Gasteiger partial charge >= 0.3 is 0 Å². The molecule has 46 heavy (non-hydrogen) atoms. The lowest BCUT2D eigenvalue weighted by atomic mass is 9.93. The highest BCUT2D eigenvalue weighted by molar-refractivity contribution is 7.92. The fourth-order valence-electron chi connectivity index (χ4n) is 5.11. The molecule has 3 rings (SSSR count). The molecule has 2 heterocycles. The standard InChI is InChI=1S/C34H49N5O6S/c1-23(2)17-28(31(41)30(40)15-14-26-13-9-10-16-36-26)38-33(43)29(19-27-20-35-22-37-27)39-32(42)25(18-24-11-7-6-8-12-24)21-46(44,45)34(3,4)5/h6-13,16,20,22-23,25,28-31,40-41H,14-15,17-19,21H2,1-5H3,(H,35,37)(H,38,43)(H,39,42)/t25-,28+,29?,30+,31-/m1/s1. The SMILES string of the molecule is CC(C)C[C@H](NC(=O)C(Cc1c[nH]cn1)NC(=O)[C@H](Cc1ccccc1)CS(=O)(=O)C(C)(C)C)[C@@H](O)[C@@H](O)CCc1ccccn1. The normalized spacial score (nSPS) is 15.5. The number of nitrogens with zero attached hydrogens (tertiary/aromatic N) is 2. The van der Waals surface area contributed by atoms with Gasteiger partial charge in [0.05, 0.1) is 40.6 Å². The summed E-state index contributed by atoms with van der Waals surface area (Å²) in [4.78, 5) is 39.0. The molecule has 0 aliphatic heterocycles. The van der Waals surface area contributed by atoms with Crippen LogP contribution in [0.2, 0.25) is 0 Å². The molecule has 0 fully saturated rings. The maximum absolute atomic E-state index is 13.8. The summed E-state index contributed by atoms with van der Waals surface area (Å²) in [6, 6.07) is 12.7. The number of benzene rings is 1. The summed E-state index contributed by atoms with van der Waals surface area (Å²) < 4.78 is 25.4. The number of aromatic amines is 1. The minimum Gasteiger partial charge on any atom is -0.390 e. The number of sulfone groups is 1. The lowest BCUT2D eigenvalue weighted by molar-refractivity contribution is -0.132. The molecule has 3 aromatic rings. The first kappa shape index (κ1) is 36.9. The lowest BCUT2D eigenvalue weighted by Gasteiger charge is -2.31. The Morgan fingerprint density at radius 2 is 1.61 bits per heavy atom. The molecular formula is C34H49N5O6S. The van der Waals surface area contributed by atoms with Gasteiger partial charge in [0.2, 0.25) is 11.8 Å².